The van der Waals surface area contributed by atoms with Crippen LogP contribution in [0.3, 0.4) is 0 Å². The van der Waals surface area contributed by atoms with Crippen LogP contribution in [0.15, 0.2) is 30.5 Å². The van der Waals surface area contributed by atoms with E-state index in [4.69, 9.17) is 14.2 Å². The number of rotatable bonds is 10. The van der Waals surface area contributed by atoms with Crippen molar-refractivity contribution in [1.82, 2.24) is 14.9 Å². The molecule has 12 heteroatoms. The lowest BCUT2D eigenvalue weighted by atomic mass is 10.1. The molecule has 1 aromatic carbocycles. The highest BCUT2D eigenvalue weighted by molar-refractivity contribution is 5.75. The molecule has 0 radical (unpaired) electrons. The van der Waals surface area contributed by atoms with Gasteiger partial charge in [0, 0.05) is 12.1 Å². The Morgan fingerprint density at radius 1 is 1.11 bits per heavy atom. The fourth-order valence-corrected chi connectivity index (χ4v) is 2.94. The zero-order valence-corrected chi connectivity index (χ0v) is 21.4. The van der Waals surface area contributed by atoms with Crippen molar-refractivity contribution >= 4 is 18.0 Å². The molecule has 0 aliphatic rings. The number of alkyl carbamates (subject to hydrolysis) is 1. The molecular weight excluding hydrogens is 472 g/mol. The number of nitrogens with one attached hydrogen (secondary N) is 1. The lowest BCUT2D eigenvalue weighted by Crippen LogP contribution is -2.35. The van der Waals surface area contributed by atoms with Gasteiger partial charge in [-0.1, -0.05) is 4.98 Å². The molecule has 2 N–H and O–H groups in total. The van der Waals surface area contributed by atoms with Crippen LogP contribution in [0, 0.1) is 10.1 Å². The third-order valence-electron chi connectivity index (χ3n) is 4.40. The zero-order chi connectivity index (χ0) is 27.1. The lowest BCUT2D eigenvalue weighted by Gasteiger charge is -2.21. The van der Waals surface area contributed by atoms with Crippen molar-refractivity contribution in [1.29, 1.82) is 0 Å². The first-order chi connectivity index (χ1) is 16.6. The average molecular weight is 507 g/mol. The number of nitrogens with zero attached hydrogens (tertiary/aromatic N) is 3. The van der Waals surface area contributed by atoms with Gasteiger partial charge in [-0.3, -0.25) is 0 Å². The van der Waals surface area contributed by atoms with E-state index >= 15 is 0 Å². The molecule has 1 heterocycles. The van der Waals surface area contributed by atoms with E-state index in [-0.39, 0.29) is 25.6 Å². The molecule has 0 unspecified atom stereocenters. The summed E-state index contributed by atoms with van der Waals surface area (Å²) in [6.45, 7) is 10.6. The molecule has 0 saturated heterocycles. The SMILES string of the molecule is CC(C)(C)OC(=O)NCCCn1cc(-c2ccc(OC[C@@H](O)C(=O)OC(C)(C)C)cc2)nc1[N+](=O)[O-]. The number of carbonyl (C=O) groups is 2. The van der Waals surface area contributed by atoms with Gasteiger partial charge in [0.1, 0.15) is 29.8 Å². The van der Waals surface area contributed by atoms with E-state index in [9.17, 15) is 24.8 Å². The third-order valence-corrected chi connectivity index (χ3v) is 4.40. The average Bonchev–Trinajstić information content (AvgIpc) is 3.17. The maximum Gasteiger partial charge on any atom is 0.435 e. The first kappa shape index (κ1) is 28.6. The Balaban J connectivity index is 1.96. The Bertz CT molecular complexity index is 1050. The van der Waals surface area contributed by atoms with Crippen LogP contribution in [0.4, 0.5) is 10.7 Å². The van der Waals surface area contributed by atoms with E-state index in [1.54, 1.807) is 72.0 Å². The first-order valence-corrected chi connectivity index (χ1v) is 11.5. The van der Waals surface area contributed by atoms with Crippen LogP contribution in [-0.2, 0) is 20.8 Å². The molecule has 0 bridgehead atoms. The molecule has 36 heavy (non-hydrogen) atoms. The summed E-state index contributed by atoms with van der Waals surface area (Å²) in [5.41, 5.74) is -0.327. The second kappa shape index (κ2) is 11.8. The van der Waals surface area contributed by atoms with Crippen molar-refractivity contribution < 1.29 is 33.8 Å². The highest BCUT2D eigenvalue weighted by Crippen LogP contribution is 2.25. The summed E-state index contributed by atoms with van der Waals surface area (Å²) in [6.07, 6.45) is 0.00686. The van der Waals surface area contributed by atoms with Gasteiger partial charge in [-0.2, -0.15) is 0 Å². The van der Waals surface area contributed by atoms with Gasteiger partial charge in [-0.15, -0.1) is 0 Å². The minimum atomic E-state index is -1.44. The summed E-state index contributed by atoms with van der Waals surface area (Å²) < 4.78 is 17.1. The number of aliphatic hydroxyl groups is 1. The van der Waals surface area contributed by atoms with Gasteiger partial charge in [0.25, 0.3) is 0 Å². The topological polar surface area (TPSA) is 155 Å². The maximum absolute atomic E-state index is 11.8. The minimum absolute atomic E-state index is 0.267. The number of ether oxygens (including phenoxy) is 3. The normalized spacial score (nSPS) is 12.5. The van der Waals surface area contributed by atoms with Crippen LogP contribution >= 0.6 is 0 Å². The second-order valence-corrected chi connectivity index (χ2v) is 10.0. The number of imidazole rings is 1. The molecule has 0 fully saturated rings. The zero-order valence-electron chi connectivity index (χ0n) is 21.4. The number of nitro groups is 1. The molecule has 2 aromatic rings. The molecule has 0 aliphatic heterocycles. The summed E-state index contributed by atoms with van der Waals surface area (Å²) >= 11 is 0. The summed E-state index contributed by atoms with van der Waals surface area (Å²) in [4.78, 5) is 38.6. The Hall–Kier alpha value is -3.67. The molecule has 1 atom stereocenters. The van der Waals surface area contributed by atoms with E-state index in [1.807, 2.05) is 0 Å². The quantitative estimate of drug-likeness (QED) is 0.213. The van der Waals surface area contributed by atoms with Crippen molar-refractivity contribution in [3.63, 3.8) is 0 Å². The standard InChI is InChI=1S/C24H34N4O8/c1-23(2,3)35-20(30)19(29)15-34-17-10-8-16(9-11-17)18-14-27(21(26-18)28(32)33)13-7-12-25-22(31)36-24(4,5)6/h8-11,14,19,29H,7,12-13,15H2,1-6H3,(H,25,31)/t19-/m1/s1. The first-order valence-electron chi connectivity index (χ1n) is 11.5. The highest BCUT2D eigenvalue weighted by Gasteiger charge is 2.24. The Morgan fingerprint density at radius 2 is 1.72 bits per heavy atom. The van der Waals surface area contributed by atoms with E-state index in [2.05, 4.69) is 10.3 Å². The molecule has 0 aliphatic carbocycles. The predicted octanol–water partition coefficient (Wildman–Crippen LogP) is 3.45. The van der Waals surface area contributed by atoms with Gasteiger partial charge in [0.2, 0.25) is 0 Å². The molecule has 0 saturated carbocycles. The summed E-state index contributed by atoms with van der Waals surface area (Å²) in [5, 5.41) is 24.0. The van der Waals surface area contributed by atoms with Crippen LogP contribution < -0.4 is 10.1 Å². The Labute approximate surface area is 209 Å². The van der Waals surface area contributed by atoms with Gasteiger partial charge in [-0.25, -0.2) is 14.2 Å². The Kier molecular flexibility index (Phi) is 9.40. The maximum atomic E-state index is 11.8. The van der Waals surface area contributed by atoms with Crippen molar-refractivity contribution in [2.24, 2.45) is 0 Å². The summed E-state index contributed by atoms with van der Waals surface area (Å²) in [7, 11) is 0. The number of aryl methyl sites for hydroxylation is 1. The van der Waals surface area contributed by atoms with Crippen LogP contribution in [-0.4, -0.2) is 62.1 Å². The monoisotopic (exact) mass is 506 g/mol. The van der Waals surface area contributed by atoms with Crippen LogP contribution in [0.5, 0.6) is 5.75 Å². The molecule has 12 nitrogen and oxygen atoms in total. The number of benzene rings is 1. The highest BCUT2D eigenvalue weighted by atomic mass is 16.6. The predicted molar refractivity (Wildman–Crippen MR) is 131 cm³/mol. The van der Waals surface area contributed by atoms with E-state index in [0.29, 0.717) is 23.4 Å². The fourth-order valence-electron chi connectivity index (χ4n) is 2.94. The number of aromatic nitrogens is 2. The number of carbonyl (C=O) groups excluding carboxylic acids is 2. The number of hydrogen-bond acceptors (Lipinski definition) is 9. The van der Waals surface area contributed by atoms with Crippen molar-refractivity contribution in [2.75, 3.05) is 13.2 Å². The number of esters is 1. The molecule has 1 aromatic heterocycles. The van der Waals surface area contributed by atoms with Crippen molar-refractivity contribution in [3.05, 3.63) is 40.6 Å². The summed E-state index contributed by atoms with van der Waals surface area (Å²) in [6, 6.07) is 6.53. The summed E-state index contributed by atoms with van der Waals surface area (Å²) in [5.74, 6) is -0.704. The van der Waals surface area contributed by atoms with Gasteiger partial charge < -0.3 is 34.7 Å². The van der Waals surface area contributed by atoms with Gasteiger partial charge in [-0.05, 0) is 77.2 Å². The Morgan fingerprint density at radius 3 is 2.28 bits per heavy atom. The van der Waals surface area contributed by atoms with E-state index in [1.165, 1.54) is 4.57 Å². The molecule has 198 valence electrons. The van der Waals surface area contributed by atoms with Gasteiger partial charge >= 0.3 is 18.0 Å². The van der Waals surface area contributed by atoms with Crippen molar-refractivity contribution in [3.8, 4) is 17.0 Å². The number of amides is 1. The number of hydrogen-bond donors (Lipinski definition) is 2. The fraction of sp³-hybridized carbons (Fsp3) is 0.542. The van der Waals surface area contributed by atoms with Crippen LogP contribution in [0.25, 0.3) is 11.3 Å². The second-order valence-electron chi connectivity index (χ2n) is 10.0. The van der Waals surface area contributed by atoms with Crippen LogP contribution in [0.1, 0.15) is 48.0 Å². The number of aliphatic hydroxyl groups excluding tert-OH is 1. The molecular formula is C24H34N4O8. The van der Waals surface area contributed by atoms with E-state index < -0.39 is 34.3 Å². The van der Waals surface area contributed by atoms with E-state index in [0.717, 1.165) is 0 Å². The molecule has 1 amide bonds. The minimum Gasteiger partial charge on any atom is -0.490 e. The largest absolute Gasteiger partial charge is 0.490 e. The smallest absolute Gasteiger partial charge is 0.435 e. The van der Waals surface area contributed by atoms with Crippen LogP contribution in [0.2, 0.25) is 0 Å². The lowest BCUT2D eigenvalue weighted by molar-refractivity contribution is -0.396. The molecule has 0 spiro atoms. The van der Waals surface area contributed by atoms with Crippen molar-refractivity contribution in [2.45, 2.75) is 71.8 Å². The molecule has 2 rings (SSSR count). The van der Waals surface area contributed by atoms with Gasteiger partial charge in [0.15, 0.2) is 11.8 Å². The third kappa shape index (κ3) is 9.53. The van der Waals surface area contributed by atoms with Gasteiger partial charge in [0.05, 0.1) is 6.54 Å².